The Morgan fingerprint density at radius 2 is 2.04 bits per heavy atom. The van der Waals surface area contributed by atoms with Crippen LogP contribution in [0.25, 0.3) is 11.5 Å². The van der Waals surface area contributed by atoms with Gasteiger partial charge < -0.3 is 9.73 Å². The third kappa shape index (κ3) is 4.59. The predicted molar refractivity (Wildman–Crippen MR) is 95.3 cm³/mol. The first-order valence-electron chi connectivity index (χ1n) is 7.16. The third-order valence-electron chi connectivity index (χ3n) is 3.10. The lowest BCUT2D eigenvalue weighted by Gasteiger charge is -2.03. The van der Waals surface area contributed by atoms with Crippen LogP contribution < -0.4 is 5.32 Å². The van der Waals surface area contributed by atoms with Gasteiger partial charge in [-0.05, 0) is 42.5 Å². The number of aromatic nitrogens is 2. The van der Waals surface area contributed by atoms with Gasteiger partial charge in [0.05, 0.1) is 17.4 Å². The molecule has 0 radical (unpaired) electrons. The van der Waals surface area contributed by atoms with E-state index in [2.05, 4.69) is 15.5 Å². The summed E-state index contributed by atoms with van der Waals surface area (Å²) in [4.78, 5) is 12.0. The molecule has 0 fully saturated rings. The summed E-state index contributed by atoms with van der Waals surface area (Å²) in [6.45, 7) is 0. The van der Waals surface area contributed by atoms with E-state index >= 15 is 0 Å². The SMILES string of the molecule is N#Cc1cccc(NC(=O)CSc2nnc(-c3ccc(Cl)cc3)o2)c1. The number of halogens is 1. The van der Waals surface area contributed by atoms with Crippen LogP contribution in [-0.4, -0.2) is 21.9 Å². The maximum absolute atomic E-state index is 12.0. The number of anilines is 1. The summed E-state index contributed by atoms with van der Waals surface area (Å²) in [5.74, 6) is 0.242. The number of thioether (sulfide) groups is 1. The summed E-state index contributed by atoms with van der Waals surface area (Å²) in [7, 11) is 0. The molecule has 6 nitrogen and oxygen atoms in total. The molecule has 0 spiro atoms. The highest BCUT2D eigenvalue weighted by Gasteiger charge is 2.11. The first-order valence-corrected chi connectivity index (χ1v) is 8.52. The Kier molecular flexibility index (Phi) is 5.33. The number of rotatable bonds is 5. The van der Waals surface area contributed by atoms with Crippen LogP contribution in [0.15, 0.2) is 58.2 Å². The summed E-state index contributed by atoms with van der Waals surface area (Å²) in [5.41, 5.74) is 1.80. The van der Waals surface area contributed by atoms with E-state index in [0.29, 0.717) is 27.4 Å². The Hall–Kier alpha value is -2.82. The lowest BCUT2D eigenvalue weighted by molar-refractivity contribution is -0.113. The summed E-state index contributed by atoms with van der Waals surface area (Å²) < 4.78 is 5.52. The second-order valence-electron chi connectivity index (χ2n) is 4.91. The first kappa shape index (κ1) is 17.0. The molecule has 1 N–H and O–H groups in total. The molecule has 0 bridgehead atoms. The molecule has 1 heterocycles. The number of nitrogens with zero attached hydrogens (tertiary/aromatic N) is 3. The number of amides is 1. The zero-order valence-electron chi connectivity index (χ0n) is 12.8. The van der Waals surface area contributed by atoms with Crippen molar-refractivity contribution in [3.8, 4) is 17.5 Å². The zero-order chi connectivity index (χ0) is 17.6. The van der Waals surface area contributed by atoms with E-state index in [9.17, 15) is 4.79 Å². The average Bonchev–Trinajstić information content (AvgIpc) is 3.10. The standard InChI is InChI=1S/C17H11ClN4O2S/c18-13-6-4-12(5-7-13)16-21-22-17(24-16)25-10-15(23)20-14-3-1-2-11(8-14)9-19/h1-8H,10H2,(H,20,23). The van der Waals surface area contributed by atoms with E-state index in [1.54, 1.807) is 48.5 Å². The molecule has 0 saturated heterocycles. The Bertz CT molecular complexity index is 934. The van der Waals surface area contributed by atoms with E-state index < -0.39 is 0 Å². The van der Waals surface area contributed by atoms with Crippen LogP contribution in [0.4, 0.5) is 5.69 Å². The van der Waals surface area contributed by atoms with Gasteiger partial charge in [-0.3, -0.25) is 4.79 Å². The van der Waals surface area contributed by atoms with E-state index in [4.69, 9.17) is 21.3 Å². The van der Waals surface area contributed by atoms with Crippen LogP contribution in [0.1, 0.15) is 5.56 Å². The predicted octanol–water partition coefficient (Wildman–Crippen LogP) is 3.99. The number of hydrogen-bond donors (Lipinski definition) is 1. The Morgan fingerprint density at radius 3 is 2.80 bits per heavy atom. The van der Waals surface area contributed by atoms with E-state index in [0.717, 1.165) is 17.3 Å². The number of nitriles is 1. The molecule has 0 atom stereocenters. The number of carbonyl (C=O) groups is 1. The largest absolute Gasteiger partial charge is 0.411 e. The van der Waals surface area contributed by atoms with Crippen molar-refractivity contribution in [2.45, 2.75) is 5.22 Å². The van der Waals surface area contributed by atoms with Crippen LogP contribution in [0.3, 0.4) is 0 Å². The highest BCUT2D eigenvalue weighted by molar-refractivity contribution is 7.99. The summed E-state index contributed by atoms with van der Waals surface area (Å²) >= 11 is 6.97. The minimum Gasteiger partial charge on any atom is -0.411 e. The van der Waals surface area contributed by atoms with Crippen LogP contribution in [0.5, 0.6) is 0 Å². The number of benzene rings is 2. The van der Waals surface area contributed by atoms with Crippen LogP contribution >= 0.6 is 23.4 Å². The Balaban J connectivity index is 1.57. The second-order valence-corrected chi connectivity index (χ2v) is 6.27. The molecule has 0 aliphatic carbocycles. The fourth-order valence-corrected chi connectivity index (χ4v) is 2.66. The molecule has 1 aromatic heterocycles. The molecular weight excluding hydrogens is 360 g/mol. The maximum atomic E-state index is 12.0. The van der Waals surface area contributed by atoms with Crippen LogP contribution in [0.2, 0.25) is 5.02 Å². The number of nitrogens with one attached hydrogen (secondary N) is 1. The van der Waals surface area contributed by atoms with Crippen molar-refractivity contribution in [1.82, 2.24) is 10.2 Å². The smallest absolute Gasteiger partial charge is 0.277 e. The molecule has 3 aromatic rings. The van der Waals surface area contributed by atoms with Gasteiger partial charge in [-0.25, -0.2) is 0 Å². The molecule has 1 amide bonds. The normalized spacial score (nSPS) is 10.2. The van der Waals surface area contributed by atoms with Crippen molar-refractivity contribution >= 4 is 35.0 Å². The van der Waals surface area contributed by atoms with Crippen molar-refractivity contribution in [2.24, 2.45) is 0 Å². The van der Waals surface area contributed by atoms with Gasteiger partial charge in [-0.2, -0.15) is 5.26 Å². The molecular formula is C17H11ClN4O2S. The van der Waals surface area contributed by atoms with Gasteiger partial charge in [-0.15, -0.1) is 10.2 Å². The Morgan fingerprint density at radius 1 is 1.24 bits per heavy atom. The molecule has 0 saturated carbocycles. The van der Waals surface area contributed by atoms with Gasteiger partial charge in [0.15, 0.2) is 0 Å². The van der Waals surface area contributed by atoms with Crippen molar-refractivity contribution in [3.63, 3.8) is 0 Å². The maximum Gasteiger partial charge on any atom is 0.277 e. The Labute approximate surface area is 152 Å². The third-order valence-corrected chi connectivity index (χ3v) is 4.17. The van der Waals surface area contributed by atoms with E-state index in [1.165, 1.54) is 0 Å². The molecule has 3 rings (SSSR count). The minimum atomic E-state index is -0.230. The molecule has 8 heteroatoms. The zero-order valence-corrected chi connectivity index (χ0v) is 14.3. The van der Waals surface area contributed by atoms with Gasteiger partial charge >= 0.3 is 0 Å². The average molecular weight is 371 g/mol. The molecule has 0 aliphatic heterocycles. The fraction of sp³-hybridized carbons (Fsp3) is 0.0588. The number of carbonyl (C=O) groups excluding carboxylic acids is 1. The molecule has 0 unspecified atom stereocenters. The lowest BCUT2D eigenvalue weighted by atomic mass is 10.2. The second kappa shape index (κ2) is 7.83. The van der Waals surface area contributed by atoms with Gasteiger partial charge in [0, 0.05) is 16.3 Å². The minimum absolute atomic E-state index is 0.110. The van der Waals surface area contributed by atoms with Crippen LogP contribution in [-0.2, 0) is 4.79 Å². The molecule has 2 aromatic carbocycles. The van der Waals surface area contributed by atoms with Crippen molar-refractivity contribution < 1.29 is 9.21 Å². The highest BCUT2D eigenvalue weighted by atomic mass is 35.5. The van der Waals surface area contributed by atoms with Gasteiger partial charge in [0.2, 0.25) is 11.8 Å². The molecule has 25 heavy (non-hydrogen) atoms. The summed E-state index contributed by atoms with van der Waals surface area (Å²) in [6.07, 6.45) is 0. The fourth-order valence-electron chi connectivity index (χ4n) is 1.97. The highest BCUT2D eigenvalue weighted by Crippen LogP contribution is 2.24. The topological polar surface area (TPSA) is 91.8 Å². The van der Waals surface area contributed by atoms with Gasteiger partial charge in [0.25, 0.3) is 5.22 Å². The van der Waals surface area contributed by atoms with E-state index in [-0.39, 0.29) is 11.7 Å². The molecule has 0 aliphatic rings. The monoisotopic (exact) mass is 370 g/mol. The van der Waals surface area contributed by atoms with Gasteiger partial charge in [-0.1, -0.05) is 29.4 Å². The van der Waals surface area contributed by atoms with Crippen molar-refractivity contribution in [2.75, 3.05) is 11.1 Å². The van der Waals surface area contributed by atoms with Crippen molar-refractivity contribution in [3.05, 3.63) is 59.1 Å². The van der Waals surface area contributed by atoms with Crippen molar-refractivity contribution in [1.29, 1.82) is 5.26 Å². The molecule has 124 valence electrons. The lowest BCUT2D eigenvalue weighted by Crippen LogP contribution is -2.14. The first-order chi connectivity index (χ1) is 12.1. The summed E-state index contributed by atoms with van der Waals surface area (Å²) in [5, 5.41) is 20.4. The van der Waals surface area contributed by atoms with Gasteiger partial charge in [0.1, 0.15) is 0 Å². The summed E-state index contributed by atoms with van der Waals surface area (Å²) in [6, 6.07) is 15.7. The van der Waals surface area contributed by atoms with E-state index in [1.807, 2.05) is 6.07 Å². The quantitative estimate of drug-likeness (QED) is 0.682. The number of hydrogen-bond acceptors (Lipinski definition) is 6. The van der Waals surface area contributed by atoms with Crippen LogP contribution in [0, 0.1) is 11.3 Å².